The number of hydrogen-bond acceptors (Lipinski definition) is 3. The lowest BCUT2D eigenvalue weighted by Crippen LogP contribution is -2.39. The fourth-order valence-electron chi connectivity index (χ4n) is 0.999. The first kappa shape index (κ1) is 10.9. The van der Waals surface area contributed by atoms with Gasteiger partial charge in [0.1, 0.15) is 17.7 Å². The van der Waals surface area contributed by atoms with Crippen LogP contribution in [0, 0.1) is 5.82 Å². The van der Waals surface area contributed by atoms with Crippen molar-refractivity contribution in [2.45, 2.75) is 19.1 Å². The number of hydrogen-bond donors (Lipinski definition) is 2. The Kier molecular flexibility index (Phi) is 3.85. The SMILES string of the molecule is CC(N)C(CO)Oc1ccc(F)cc1. The van der Waals surface area contributed by atoms with Gasteiger partial charge >= 0.3 is 0 Å². The second kappa shape index (κ2) is 4.93. The molecule has 0 bridgehead atoms. The average Bonchev–Trinajstić information content (AvgIpc) is 2.16. The summed E-state index contributed by atoms with van der Waals surface area (Å²) in [6, 6.07) is 5.32. The maximum absolute atomic E-state index is 12.5. The van der Waals surface area contributed by atoms with Gasteiger partial charge in [-0.3, -0.25) is 0 Å². The number of benzene rings is 1. The predicted octanol–water partition coefficient (Wildman–Crippen LogP) is 0.913. The van der Waals surface area contributed by atoms with Crippen LogP contribution in [0.15, 0.2) is 24.3 Å². The number of aliphatic hydroxyl groups is 1. The molecule has 1 aromatic carbocycles. The minimum Gasteiger partial charge on any atom is -0.486 e. The van der Waals surface area contributed by atoms with Gasteiger partial charge in [0, 0.05) is 6.04 Å². The number of aliphatic hydroxyl groups excluding tert-OH is 1. The van der Waals surface area contributed by atoms with Gasteiger partial charge in [-0.1, -0.05) is 0 Å². The third-order valence-corrected chi connectivity index (χ3v) is 1.87. The Morgan fingerprint density at radius 2 is 2.00 bits per heavy atom. The van der Waals surface area contributed by atoms with Gasteiger partial charge in [-0.05, 0) is 31.2 Å². The zero-order valence-corrected chi connectivity index (χ0v) is 7.98. The Hall–Kier alpha value is -1.13. The molecule has 0 aliphatic rings. The van der Waals surface area contributed by atoms with E-state index < -0.39 is 6.10 Å². The van der Waals surface area contributed by atoms with Crippen LogP contribution >= 0.6 is 0 Å². The molecule has 0 radical (unpaired) electrons. The highest BCUT2D eigenvalue weighted by atomic mass is 19.1. The summed E-state index contributed by atoms with van der Waals surface area (Å²) in [6.07, 6.45) is -0.458. The lowest BCUT2D eigenvalue weighted by atomic mass is 10.2. The van der Waals surface area contributed by atoms with Crippen molar-refractivity contribution in [3.05, 3.63) is 30.1 Å². The summed E-state index contributed by atoms with van der Waals surface area (Å²) in [5, 5.41) is 8.93. The Morgan fingerprint density at radius 1 is 1.43 bits per heavy atom. The summed E-state index contributed by atoms with van der Waals surface area (Å²) >= 11 is 0. The van der Waals surface area contributed by atoms with Gasteiger partial charge < -0.3 is 15.6 Å². The van der Waals surface area contributed by atoms with E-state index in [0.717, 1.165) is 0 Å². The molecule has 1 rings (SSSR count). The fourth-order valence-corrected chi connectivity index (χ4v) is 0.999. The fraction of sp³-hybridized carbons (Fsp3) is 0.400. The van der Waals surface area contributed by atoms with E-state index in [1.807, 2.05) is 0 Å². The van der Waals surface area contributed by atoms with Gasteiger partial charge in [0.05, 0.1) is 6.61 Å². The molecular weight excluding hydrogens is 185 g/mol. The third-order valence-electron chi connectivity index (χ3n) is 1.87. The molecule has 0 amide bonds. The second-order valence-corrected chi connectivity index (χ2v) is 3.15. The maximum atomic E-state index is 12.5. The summed E-state index contributed by atoms with van der Waals surface area (Å²) in [4.78, 5) is 0. The molecule has 0 saturated heterocycles. The molecule has 14 heavy (non-hydrogen) atoms. The zero-order valence-electron chi connectivity index (χ0n) is 7.98. The highest BCUT2D eigenvalue weighted by Gasteiger charge is 2.13. The Labute approximate surface area is 82.3 Å². The van der Waals surface area contributed by atoms with E-state index in [2.05, 4.69) is 0 Å². The maximum Gasteiger partial charge on any atom is 0.136 e. The van der Waals surface area contributed by atoms with Crippen LogP contribution in [0.3, 0.4) is 0 Å². The first-order valence-corrected chi connectivity index (χ1v) is 4.42. The lowest BCUT2D eigenvalue weighted by molar-refractivity contribution is 0.0990. The quantitative estimate of drug-likeness (QED) is 0.758. The summed E-state index contributed by atoms with van der Waals surface area (Å²) in [7, 11) is 0. The molecule has 0 aromatic heterocycles. The summed E-state index contributed by atoms with van der Waals surface area (Å²) in [5.74, 6) is 0.182. The molecule has 2 unspecified atom stereocenters. The zero-order chi connectivity index (χ0) is 10.6. The van der Waals surface area contributed by atoms with E-state index in [-0.39, 0.29) is 18.5 Å². The van der Waals surface area contributed by atoms with Crippen molar-refractivity contribution in [2.75, 3.05) is 6.61 Å². The molecule has 1 aromatic rings. The molecule has 0 spiro atoms. The third kappa shape index (κ3) is 2.97. The van der Waals surface area contributed by atoms with Gasteiger partial charge in [0.15, 0.2) is 0 Å². The van der Waals surface area contributed by atoms with Gasteiger partial charge in [0.25, 0.3) is 0 Å². The first-order valence-electron chi connectivity index (χ1n) is 4.42. The van der Waals surface area contributed by atoms with E-state index in [1.54, 1.807) is 6.92 Å². The first-order chi connectivity index (χ1) is 6.63. The largest absolute Gasteiger partial charge is 0.486 e. The summed E-state index contributed by atoms with van der Waals surface area (Å²) in [5.41, 5.74) is 5.57. The molecule has 78 valence electrons. The Morgan fingerprint density at radius 3 is 2.43 bits per heavy atom. The van der Waals surface area contributed by atoms with Gasteiger partial charge in [-0.25, -0.2) is 4.39 Å². The van der Waals surface area contributed by atoms with E-state index in [9.17, 15) is 4.39 Å². The molecule has 4 heteroatoms. The van der Waals surface area contributed by atoms with Crippen LogP contribution in [0.1, 0.15) is 6.92 Å². The van der Waals surface area contributed by atoms with Gasteiger partial charge in [-0.15, -0.1) is 0 Å². The molecule has 0 saturated carbocycles. The molecule has 3 N–H and O–H groups in total. The van der Waals surface area contributed by atoms with Crippen molar-refractivity contribution >= 4 is 0 Å². The standard InChI is InChI=1S/C10H14FNO2/c1-7(12)10(6-13)14-9-4-2-8(11)3-5-9/h2-5,7,10,13H,6,12H2,1H3. The van der Waals surface area contributed by atoms with E-state index >= 15 is 0 Å². The van der Waals surface area contributed by atoms with Crippen molar-refractivity contribution in [1.82, 2.24) is 0 Å². The van der Waals surface area contributed by atoms with Crippen LogP contribution in [0.5, 0.6) is 5.75 Å². The van der Waals surface area contributed by atoms with Gasteiger partial charge in [0.2, 0.25) is 0 Å². The van der Waals surface area contributed by atoms with Crippen LogP contribution in [0.2, 0.25) is 0 Å². The van der Waals surface area contributed by atoms with E-state index in [4.69, 9.17) is 15.6 Å². The van der Waals surface area contributed by atoms with Crippen LogP contribution in [-0.4, -0.2) is 23.9 Å². The molecule has 3 nitrogen and oxygen atoms in total. The number of nitrogens with two attached hydrogens (primary N) is 1. The molecular formula is C10H14FNO2. The van der Waals surface area contributed by atoms with Crippen molar-refractivity contribution in [3.8, 4) is 5.75 Å². The van der Waals surface area contributed by atoms with E-state index in [1.165, 1.54) is 24.3 Å². The molecule has 0 fully saturated rings. The lowest BCUT2D eigenvalue weighted by Gasteiger charge is -2.19. The Balaban J connectivity index is 2.63. The summed E-state index contributed by atoms with van der Waals surface area (Å²) in [6.45, 7) is 1.58. The average molecular weight is 199 g/mol. The minimum absolute atomic E-state index is 0.158. The van der Waals surface area contributed by atoms with Crippen LogP contribution in [-0.2, 0) is 0 Å². The van der Waals surface area contributed by atoms with Crippen molar-refractivity contribution in [1.29, 1.82) is 0 Å². The number of halogens is 1. The predicted molar refractivity (Wildman–Crippen MR) is 51.6 cm³/mol. The van der Waals surface area contributed by atoms with Crippen molar-refractivity contribution in [3.63, 3.8) is 0 Å². The molecule has 0 heterocycles. The topological polar surface area (TPSA) is 55.5 Å². The minimum atomic E-state index is -0.458. The normalized spacial score (nSPS) is 14.9. The number of rotatable bonds is 4. The highest BCUT2D eigenvalue weighted by Crippen LogP contribution is 2.13. The number of ether oxygens (including phenoxy) is 1. The second-order valence-electron chi connectivity index (χ2n) is 3.15. The highest BCUT2D eigenvalue weighted by molar-refractivity contribution is 5.22. The van der Waals surface area contributed by atoms with Crippen LogP contribution < -0.4 is 10.5 Å². The van der Waals surface area contributed by atoms with Gasteiger partial charge in [-0.2, -0.15) is 0 Å². The monoisotopic (exact) mass is 199 g/mol. The van der Waals surface area contributed by atoms with Crippen molar-refractivity contribution in [2.24, 2.45) is 5.73 Å². The smallest absolute Gasteiger partial charge is 0.136 e. The van der Waals surface area contributed by atoms with Crippen molar-refractivity contribution < 1.29 is 14.2 Å². The van der Waals surface area contributed by atoms with Crippen LogP contribution in [0.25, 0.3) is 0 Å². The molecule has 2 atom stereocenters. The van der Waals surface area contributed by atoms with E-state index in [0.29, 0.717) is 5.75 Å². The summed E-state index contributed by atoms with van der Waals surface area (Å²) < 4.78 is 17.9. The molecule has 0 aliphatic heterocycles. The molecule has 0 aliphatic carbocycles. The Bertz CT molecular complexity index is 274. The van der Waals surface area contributed by atoms with Crippen LogP contribution in [0.4, 0.5) is 4.39 Å².